The van der Waals surface area contributed by atoms with E-state index in [1.165, 1.54) is 5.56 Å². The zero-order valence-corrected chi connectivity index (χ0v) is 17.1. The van der Waals surface area contributed by atoms with E-state index in [-0.39, 0.29) is 12.1 Å². The molecule has 4 heteroatoms. The van der Waals surface area contributed by atoms with Gasteiger partial charge in [-0.05, 0) is 23.1 Å². The molecule has 2 fully saturated rings. The Labute approximate surface area is 178 Å². The van der Waals surface area contributed by atoms with Crippen LogP contribution < -0.4 is 5.32 Å². The summed E-state index contributed by atoms with van der Waals surface area (Å²) >= 11 is 0. The van der Waals surface area contributed by atoms with Crippen molar-refractivity contribution in [3.05, 3.63) is 108 Å². The lowest BCUT2D eigenvalue weighted by Gasteiger charge is -2.31. The average molecular weight is 398 g/mol. The van der Waals surface area contributed by atoms with Gasteiger partial charge in [0.25, 0.3) is 0 Å². The maximum absolute atomic E-state index is 13.2. The van der Waals surface area contributed by atoms with Crippen molar-refractivity contribution >= 4 is 6.03 Å². The van der Waals surface area contributed by atoms with Gasteiger partial charge in [0.15, 0.2) is 0 Å². The molecule has 0 aromatic heterocycles. The van der Waals surface area contributed by atoms with Crippen molar-refractivity contribution in [1.82, 2.24) is 15.1 Å². The second-order valence-electron chi connectivity index (χ2n) is 8.36. The molecule has 0 bridgehead atoms. The molecule has 1 N–H and O–H groups in total. The lowest BCUT2D eigenvalue weighted by molar-refractivity contribution is 0.194. The van der Waals surface area contributed by atoms with Crippen LogP contribution in [-0.4, -0.2) is 41.5 Å². The average Bonchev–Trinajstić information content (AvgIpc) is 3.40. The lowest BCUT2D eigenvalue weighted by atomic mass is 9.83. The van der Waals surface area contributed by atoms with E-state index in [2.05, 4.69) is 69.7 Å². The van der Waals surface area contributed by atoms with Crippen LogP contribution in [0.3, 0.4) is 0 Å². The number of hydrogen-bond acceptors (Lipinski definition) is 2. The van der Waals surface area contributed by atoms with Crippen molar-refractivity contribution in [2.75, 3.05) is 19.6 Å². The van der Waals surface area contributed by atoms with Crippen molar-refractivity contribution in [1.29, 1.82) is 0 Å². The van der Waals surface area contributed by atoms with Gasteiger partial charge in [0.05, 0.1) is 6.54 Å². The second-order valence-corrected chi connectivity index (χ2v) is 8.36. The van der Waals surface area contributed by atoms with Gasteiger partial charge < -0.3 is 10.2 Å². The Kier molecular flexibility index (Phi) is 5.01. The van der Waals surface area contributed by atoms with Gasteiger partial charge in [-0.15, -0.1) is 0 Å². The highest BCUT2D eigenvalue weighted by Crippen LogP contribution is 2.36. The summed E-state index contributed by atoms with van der Waals surface area (Å²) in [7, 11) is 0. The van der Waals surface area contributed by atoms with Gasteiger partial charge in [0, 0.05) is 25.7 Å². The predicted molar refractivity (Wildman–Crippen MR) is 119 cm³/mol. The smallest absolute Gasteiger partial charge is 0.318 e. The molecular weight excluding hydrogens is 370 g/mol. The van der Waals surface area contributed by atoms with E-state index in [9.17, 15) is 4.79 Å². The molecule has 1 atom stereocenters. The van der Waals surface area contributed by atoms with E-state index < -0.39 is 5.54 Å². The predicted octanol–water partition coefficient (Wildman–Crippen LogP) is 4.23. The molecule has 30 heavy (non-hydrogen) atoms. The monoisotopic (exact) mass is 397 g/mol. The molecule has 0 spiro atoms. The van der Waals surface area contributed by atoms with E-state index >= 15 is 0 Å². The fourth-order valence-corrected chi connectivity index (χ4v) is 4.91. The molecule has 2 saturated heterocycles. The van der Waals surface area contributed by atoms with Gasteiger partial charge >= 0.3 is 6.03 Å². The van der Waals surface area contributed by atoms with Crippen LogP contribution in [0.2, 0.25) is 0 Å². The SMILES string of the molecule is O=C1NC(c2ccccc2)(c2ccccc2)CN1[C@H]1CCN(Cc2ccccc2)C1. The Hall–Kier alpha value is -3.11. The Bertz CT molecular complexity index is 951. The van der Waals surface area contributed by atoms with Crippen molar-refractivity contribution in [3.8, 4) is 0 Å². The third-order valence-electron chi connectivity index (χ3n) is 6.46. The van der Waals surface area contributed by atoms with Gasteiger partial charge in [0.1, 0.15) is 5.54 Å². The van der Waals surface area contributed by atoms with Crippen LogP contribution in [-0.2, 0) is 12.1 Å². The normalized spacial score (nSPS) is 21.0. The zero-order valence-electron chi connectivity index (χ0n) is 17.1. The number of likely N-dealkylation sites (tertiary alicyclic amines) is 1. The number of nitrogens with zero attached hydrogens (tertiary/aromatic N) is 2. The summed E-state index contributed by atoms with van der Waals surface area (Å²) in [6.45, 7) is 3.54. The summed E-state index contributed by atoms with van der Waals surface area (Å²) in [6, 6.07) is 31.6. The van der Waals surface area contributed by atoms with Crippen LogP contribution in [0.25, 0.3) is 0 Å². The van der Waals surface area contributed by atoms with Crippen molar-refractivity contribution in [2.45, 2.75) is 24.5 Å². The highest BCUT2D eigenvalue weighted by Gasteiger charge is 2.48. The molecule has 0 saturated carbocycles. The van der Waals surface area contributed by atoms with Crippen LogP contribution in [0.1, 0.15) is 23.1 Å². The quantitative estimate of drug-likeness (QED) is 0.699. The Morgan fingerprint density at radius 1 is 0.833 bits per heavy atom. The maximum Gasteiger partial charge on any atom is 0.318 e. The second kappa shape index (κ2) is 7.96. The molecular formula is C26H27N3O. The third kappa shape index (κ3) is 3.48. The van der Waals surface area contributed by atoms with Gasteiger partial charge in [-0.25, -0.2) is 4.79 Å². The number of hydrogen-bond donors (Lipinski definition) is 1. The highest BCUT2D eigenvalue weighted by atomic mass is 16.2. The first-order valence-corrected chi connectivity index (χ1v) is 10.7. The van der Waals surface area contributed by atoms with Crippen LogP contribution in [0, 0.1) is 0 Å². The Balaban J connectivity index is 1.38. The third-order valence-corrected chi connectivity index (χ3v) is 6.46. The first-order chi connectivity index (χ1) is 14.7. The lowest BCUT2D eigenvalue weighted by Crippen LogP contribution is -2.41. The molecule has 3 aromatic rings. The van der Waals surface area contributed by atoms with E-state index in [0.717, 1.165) is 37.2 Å². The van der Waals surface area contributed by atoms with Gasteiger partial charge in [-0.2, -0.15) is 0 Å². The summed E-state index contributed by atoms with van der Waals surface area (Å²) in [6.07, 6.45) is 1.01. The zero-order chi connectivity index (χ0) is 20.4. The number of benzene rings is 3. The number of amides is 2. The number of carbonyl (C=O) groups is 1. The molecule has 2 aliphatic heterocycles. The molecule has 0 radical (unpaired) electrons. The van der Waals surface area contributed by atoms with E-state index in [4.69, 9.17) is 0 Å². The minimum Gasteiger partial charge on any atom is -0.323 e. The molecule has 4 nitrogen and oxygen atoms in total. The van der Waals surface area contributed by atoms with Crippen molar-refractivity contribution < 1.29 is 4.79 Å². The molecule has 2 heterocycles. The maximum atomic E-state index is 13.2. The first kappa shape index (κ1) is 18.9. The fourth-order valence-electron chi connectivity index (χ4n) is 4.91. The largest absolute Gasteiger partial charge is 0.323 e. The summed E-state index contributed by atoms with van der Waals surface area (Å²) in [5.74, 6) is 0. The Morgan fingerprint density at radius 3 is 2.00 bits per heavy atom. The number of urea groups is 1. The summed E-state index contributed by atoms with van der Waals surface area (Å²) in [5.41, 5.74) is 3.08. The number of carbonyl (C=O) groups excluding carboxylic acids is 1. The van der Waals surface area contributed by atoms with Crippen LogP contribution in [0.5, 0.6) is 0 Å². The minimum atomic E-state index is -0.507. The van der Waals surface area contributed by atoms with Crippen molar-refractivity contribution in [3.63, 3.8) is 0 Å². The minimum absolute atomic E-state index is 0.0364. The fraction of sp³-hybridized carbons (Fsp3) is 0.269. The highest BCUT2D eigenvalue weighted by molar-refractivity contribution is 5.80. The topological polar surface area (TPSA) is 35.6 Å². The molecule has 152 valence electrons. The van der Waals surface area contributed by atoms with Gasteiger partial charge in [-0.3, -0.25) is 4.90 Å². The molecule has 0 unspecified atom stereocenters. The molecule has 2 amide bonds. The Morgan fingerprint density at radius 2 is 1.40 bits per heavy atom. The van der Waals surface area contributed by atoms with E-state index in [1.807, 2.05) is 36.4 Å². The molecule has 3 aromatic carbocycles. The molecule has 0 aliphatic carbocycles. The summed E-state index contributed by atoms with van der Waals surface area (Å²) < 4.78 is 0. The van der Waals surface area contributed by atoms with E-state index in [1.54, 1.807) is 0 Å². The summed E-state index contributed by atoms with van der Waals surface area (Å²) in [5, 5.41) is 3.36. The van der Waals surface area contributed by atoms with E-state index in [0.29, 0.717) is 6.54 Å². The van der Waals surface area contributed by atoms with Gasteiger partial charge in [-0.1, -0.05) is 91.0 Å². The number of rotatable bonds is 5. The van der Waals surface area contributed by atoms with Crippen LogP contribution >= 0.6 is 0 Å². The number of nitrogens with one attached hydrogen (secondary N) is 1. The van der Waals surface area contributed by atoms with Crippen molar-refractivity contribution in [2.24, 2.45) is 0 Å². The summed E-state index contributed by atoms with van der Waals surface area (Å²) in [4.78, 5) is 17.7. The molecule has 2 aliphatic rings. The van der Waals surface area contributed by atoms with Crippen LogP contribution in [0.15, 0.2) is 91.0 Å². The standard InChI is InChI=1S/C26H27N3O/c30-25-27-26(22-12-6-2-7-13-22,23-14-8-3-9-15-23)20-29(25)24-16-17-28(19-24)18-21-10-4-1-5-11-21/h1-15,24H,16-20H2,(H,27,30)/t24-/m0/s1. The van der Waals surface area contributed by atoms with Crippen LogP contribution in [0.4, 0.5) is 4.79 Å². The van der Waals surface area contributed by atoms with Gasteiger partial charge in [0.2, 0.25) is 0 Å². The molecule has 5 rings (SSSR count). The first-order valence-electron chi connectivity index (χ1n) is 10.7.